The van der Waals surface area contributed by atoms with E-state index in [0.717, 1.165) is 0 Å². The number of alkyl halides is 2. The van der Waals surface area contributed by atoms with Crippen molar-refractivity contribution >= 4 is 59.0 Å². The summed E-state index contributed by atoms with van der Waals surface area (Å²) < 4.78 is 29.6. The van der Waals surface area contributed by atoms with E-state index in [1.54, 1.807) is 14.1 Å². The first-order valence-corrected chi connectivity index (χ1v) is 8.15. The SMILES string of the molecule is CCNC(=NCc1cc(Cl)cc(Cl)c1OC(F)F)NCC(=O)N(C)C.I. The minimum atomic E-state index is -3.02. The molecule has 1 aromatic rings. The van der Waals surface area contributed by atoms with Crippen LogP contribution in [0, 0.1) is 0 Å². The number of hydrogen-bond donors (Lipinski definition) is 2. The predicted octanol–water partition coefficient (Wildman–Crippen LogP) is 3.36. The van der Waals surface area contributed by atoms with Gasteiger partial charge in [0.05, 0.1) is 18.1 Å². The van der Waals surface area contributed by atoms with Crippen molar-refractivity contribution in [2.24, 2.45) is 4.99 Å². The first kappa shape index (κ1) is 24.9. The first-order chi connectivity index (χ1) is 11.7. The number of carbonyl (C=O) groups is 1. The summed E-state index contributed by atoms with van der Waals surface area (Å²) in [7, 11) is 3.27. The van der Waals surface area contributed by atoms with Gasteiger partial charge in [0.15, 0.2) is 5.96 Å². The van der Waals surface area contributed by atoms with Crippen LogP contribution in [0.1, 0.15) is 12.5 Å². The second-order valence-corrected chi connectivity index (χ2v) is 5.93. The number of benzene rings is 1. The monoisotopic (exact) mass is 524 g/mol. The van der Waals surface area contributed by atoms with Crippen molar-refractivity contribution in [1.29, 1.82) is 0 Å². The van der Waals surface area contributed by atoms with Gasteiger partial charge < -0.3 is 20.3 Å². The number of rotatable bonds is 7. The van der Waals surface area contributed by atoms with Gasteiger partial charge in [0.25, 0.3) is 0 Å². The maximum absolute atomic E-state index is 12.6. The molecular weight excluding hydrogens is 504 g/mol. The minimum Gasteiger partial charge on any atom is -0.433 e. The lowest BCUT2D eigenvalue weighted by Gasteiger charge is -2.15. The molecule has 0 aliphatic heterocycles. The number of likely N-dealkylation sites (N-methyl/N-ethyl adjacent to an activating group) is 1. The van der Waals surface area contributed by atoms with Crippen LogP contribution in [-0.2, 0) is 11.3 Å². The maximum Gasteiger partial charge on any atom is 0.387 e. The highest BCUT2D eigenvalue weighted by molar-refractivity contribution is 14.0. The van der Waals surface area contributed by atoms with Crippen LogP contribution in [0.4, 0.5) is 8.78 Å². The van der Waals surface area contributed by atoms with E-state index < -0.39 is 6.61 Å². The fraction of sp³-hybridized carbons (Fsp3) is 0.467. The Morgan fingerprint density at radius 2 is 1.96 bits per heavy atom. The molecule has 0 bridgehead atoms. The van der Waals surface area contributed by atoms with Gasteiger partial charge in [-0.05, 0) is 19.1 Å². The number of carbonyl (C=O) groups excluding carboxylic acids is 1. The summed E-state index contributed by atoms with van der Waals surface area (Å²) in [6.45, 7) is -0.598. The second-order valence-electron chi connectivity index (χ2n) is 5.09. The number of aliphatic imine (C=N–C) groups is 1. The molecule has 0 saturated heterocycles. The van der Waals surface area contributed by atoms with Crippen molar-refractivity contribution in [3.05, 3.63) is 27.7 Å². The predicted molar refractivity (Wildman–Crippen MR) is 110 cm³/mol. The number of amides is 1. The highest BCUT2D eigenvalue weighted by atomic mass is 127. The summed E-state index contributed by atoms with van der Waals surface area (Å²) in [4.78, 5) is 17.3. The van der Waals surface area contributed by atoms with Gasteiger partial charge in [-0.1, -0.05) is 23.2 Å². The molecule has 0 aliphatic carbocycles. The largest absolute Gasteiger partial charge is 0.433 e. The van der Waals surface area contributed by atoms with Crippen LogP contribution >= 0.6 is 47.2 Å². The first-order valence-electron chi connectivity index (χ1n) is 7.39. The molecule has 1 rings (SSSR count). The molecule has 148 valence electrons. The zero-order valence-electron chi connectivity index (χ0n) is 14.5. The number of guanidine groups is 1. The molecule has 0 radical (unpaired) electrons. The minimum absolute atomic E-state index is 0. The summed E-state index contributed by atoms with van der Waals surface area (Å²) in [5, 5.41) is 6.05. The smallest absolute Gasteiger partial charge is 0.387 e. The third kappa shape index (κ3) is 8.54. The molecule has 0 aliphatic rings. The Balaban J connectivity index is 0.00000625. The lowest BCUT2D eigenvalue weighted by Crippen LogP contribution is -2.42. The van der Waals surface area contributed by atoms with E-state index in [1.165, 1.54) is 17.0 Å². The Kier molecular flexibility index (Phi) is 11.8. The summed E-state index contributed by atoms with van der Waals surface area (Å²) >= 11 is 11.8. The number of nitrogens with one attached hydrogen (secondary N) is 2. The molecule has 1 aromatic carbocycles. The molecular formula is C15H21Cl2F2IN4O2. The zero-order valence-corrected chi connectivity index (χ0v) is 18.3. The number of hydrogen-bond acceptors (Lipinski definition) is 3. The Labute approximate surface area is 178 Å². The molecule has 0 fully saturated rings. The van der Waals surface area contributed by atoms with Gasteiger partial charge >= 0.3 is 6.61 Å². The van der Waals surface area contributed by atoms with Gasteiger partial charge in [-0.25, -0.2) is 4.99 Å². The molecule has 0 saturated carbocycles. The third-order valence-corrected chi connectivity index (χ3v) is 3.45. The van der Waals surface area contributed by atoms with Crippen molar-refractivity contribution in [2.75, 3.05) is 27.2 Å². The van der Waals surface area contributed by atoms with Crippen LogP contribution in [0.25, 0.3) is 0 Å². The Morgan fingerprint density at radius 1 is 1.31 bits per heavy atom. The Hall–Kier alpha value is -1.07. The highest BCUT2D eigenvalue weighted by Gasteiger charge is 2.15. The van der Waals surface area contributed by atoms with Crippen molar-refractivity contribution in [1.82, 2.24) is 15.5 Å². The summed E-state index contributed by atoms with van der Waals surface area (Å²) in [6.07, 6.45) is 0. The average molecular weight is 525 g/mol. The van der Waals surface area contributed by atoms with Crippen LogP contribution in [0.2, 0.25) is 10.0 Å². The van der Waals surface area contributed by atoms with Crippen LogP contribution in [0.5, 0.6) is 5.75 Å². The van der Waals surface area contributed by atoms with Gasteiger partial charge in [-0.2, -0.15) is 8.78 Å². The standard InChI is InChI=1S/C15H20Cl2F2N4O2.HI/c1-4-20-15(22-8-12(24)23(2)3)21-7-9-5-10(16)6-11(17)13(9)25-14(18)19;/h5-6,14H,4,7-8H2,1-3H3,(H2,20,21,22);1H. The van der Waals surface area contributed by atoms with E-state index in [2.05, 4.69) is 20.4 Å². The molecule has 1 amide bonds. The Morgan fingerprint density at radius 3 is 2.50 bits per heavy atom. The van der Waals surface area contributed by atoms with Crippen molar-refractivity contribution in [2.45, 2.75) is 20.1 Å². The number of halogens is 5. The second kappa shape index (κ2) is 12.3. The molecule has 0 unspecified atom stereocenters. The van der Waals surface area contributed by atoms with E-state index in [1.807, 2.05) is 6.92 Å². The lowest BCUT2D eigenvalue weighted by molar-refractivity contribution is -0.127. The van der Waals surface area contributed by atoms with Gasteiger partial charge in [-0.15, -0.1) is 24.0 Å². The van der Waals surface area contributed by atoms with Gasteiger partial charge in [-0.3, -0.25) is 4.79 Å². The molecule has 0 aromatic heterocycles. The molecule has 6 nitrogen and oxygen atoms in total. The summed E-state index contributed by atoms with van der Waals surface area (Å²) in [5.41, 5.74) is 0.300. The average Bonchev–Trinajstić information content (AvgIpc) is 2.52. The van der Waals surface area contributed by atoms with E-state index in [4.69, 9.17) is 23.2 Å². The highest BCUT2D eigenvalue weighted by Crippen LogP contribution is 2.34. The zero-order chi connectivity index (χ0) is 19.0. The number of ether oxygens (including phenoxy) is 1. The molecule has 0 atom stereocenters. The van der Waals surface area contributed by atoms with Gasteiger partial charge in [0.2, 0.25) is 5.91 Å². The van der Waals surface area contributed by atoms with Crippen molar-refractivity contribution < 1.29 is 18.3 Å². The molecule has 0 heterocycles. The normalized spacial score (nSPS) is 11.0. The number of nitrogens with zero attached hydrogens (tertiary/aromatic N) is 2. The summed E-state index contributed by atoms with van der Waals surface area (Å²) in [5.74, 6) is 0.0277. The van der Waals surface area contributed by atoms with Gasteiger partial charge in [0.1, 0.15) is 5.75 Å². The fourth-order valence-corrected chi connectivity index (χ4v) is 2.36. The van der Waals surface area contributed by atoms with Crippen LogP contribution in [-0.4, -0.2) is 50.6 Å². The third-order valence-electron chi connectivity index (χ3n) is 2.95. The van der Waals surface area contributed by atoms with E-state index in [0.29, 0.717) is 18.1 Å². The van der Waals surface area contributed by atoms with Gasteiger partial charge in [0, 0.05) is 31.2 Å². The fourth-order valence-electron chi connectivity index (χ4n) is 1.78. The molecule has 26 heavy (non-hydrogen) atoms. The van der Waals surface area contributed by atoms with Crippen molar-refractivity contribution in [3.8, 4) is 5.75 Å². The topological polar surface area (TPSA) is 66.0 Å². The van der Waals surface area contributed by atoms with E-state index in [-0.39, 0.29) is 58.8 Å². The molecule has 2 N–H and O–H groups in total. The molecule has 11 heteroatoms. The molecule has 0 spiro atoms. The van der Waals surface area contributed by atoms with Crippen LogP contribution < -0.4 is 15.4 Å². The Bertz CT molecular complexity index is 634. The van der Waals surface area contributed by atoms with Crippen LogP contribution in [0.15, 0.2) is 17.1 Å². The quantitative estimate of drug-likeness (QED) is 0.326. The van der Waals surface area contributed by atoms with E-state index >= 15 is 0 Å². The summed E-state index contributed by atoms with van der Waals surface area (Å²) in [6, 6.07) is 2.76. The van der Waals surface area contributed by atoms with Crippen molar-refractivity contribution in [3.63, 3.8) is 0 Å². The van der Waals surface area contributed by atoms with Crippen LogP contribution in [0.3, 0.4) is 0 Å². The maximum atomic E-state index is 12.6. The lowest BCUT2D eigenvalue weighted by atomic mass is 10.2. The van der Waals surface area contributed by atoms with E-state index in [9.17, 15) is 13.6 Å².